The van der Waals surface area contributed by atoms with Gasteiger partial charge in [0, 0.05) is 17.6 Å². The second-order valence-corrected chi connectivity index (χ2v) is 8.12. The Kier molecular flexibility index (Phi) is 5.43. The van der Waals surface area contributed by atoms with E-state index in [1.807, 2.05) is 26.1 Å². The first-order valence-corrected chi connectivity index (χ1v) is 9.19. The zero-order chi connectivity index (χ0) is 15.5. The lowest BCUT2D eigenvalue weighted by atomic mass is 9.97. The molecule has 0 saturated carbocycles. The van der Waals surface area contributed by atoms with Crippen LogP contribution in [0.1, 0.15) is 25.3 Å². The van der Waals surface area contributed by atoms with Crippen molar-refractivity contribution in [2.45, 2.75) is 36.7 Å². The van der Waals surface area contributed by atoms with Gasteiger partial charge in [-0.05, 0) is 60.4 Å². The first-order chi connectivity index (χ1) is 9.86. The highest BCUT2D eigenvalue weighted by Gasteiger charge is 2.33. The van der Waals surface area contributed by atoms with E-state index >= 15 is 0 Å². The van der Waals surface area contributed by atoms with Crippen molar-refractivity contribution >= 4 is 26.0 Å². The predicted octanol–water partition coefficient (Wildman–Crippen LogP) is 2.02. The van der Waals surface area contributed by atoms with Crippen LogP contribution in [0.2, 0.25) is 0 Å². The van der Waals surface area contributed by atoms with E-state index in [2.05, 4.69) is 26.0 Å². The van der Waals surface area contributed by atoms with Gasteiger partial charge in [0.05, 0.1) is 17.0 Å². The second-order valence-electron chi connectivity index (χ2n) is 5.62. The fourth-order valence-corrected chi connectivity index (χ4v) is 5.02. The molecule has 1 fully saturated rings. The monoisotopic (exact) mass is 376 g/mol. The van der Waals surface area contributed by atoms with Crippen molar-refractivity contribution in [3.63, 3.8) is 0 Å². The summed E-state index contributed by atoms with van der Waals surface area (Å²) in [7, 11) is -1.73. The van der Waals surface area contributed by atoms with Crippen LogP contribution < -0.4 is 10.0 Å². The van der Waals surface area contributed by atoms with Gasteiger partial charge in [-0.15, -0.1) is 0 Å². The van der Waals surface area contributed by atoms with E-state index in [1.165, 1.54) is 0 Å². The number of sulfonamides is 1. The predicted molar refractivity (Wildman–Crippen MR) is 85.7 cm³/mol. The molecule has 1 atom stereocenters. The zero-order valence-electron chi connectivity index (χ0n) is 12.3. The van der Waals surface area contributed by atoms with Crippen molar-refractivity contribution in [1.29, 1.82) is 0 Å². The van der Waals surface area contributed by atoms with Gasteiger partial charge in [-0.1, -0.05) is 6.07 Å². The summed E-state index contributed by atoms with van der Waals surface area (Å²) in [6.45, 7) is 3.67. The van der Waals surface area contributed by atoms with Crippen molar-refractivity contribution in [3.05, 3.63) is 28.2 Å². The van der Waals surface area contributed by atoms with Crippen LogP contribution in [0.15, 0.2) is 27.6 Å². The molecule has 1 saturated heterocycles. The van der Waals surface area contributed by atoms with Crippen molar-refractivity contribution < 1.29 is 13.2 Å². The molecule has 1 aromatic rings. The van der Waals surface area contributed by atoms with E-state index in [4.69, 9.17) is 4.74 Å². The van der Waals surface area contributed by atoms with E-state index in [9.17, 15) is 8.42 Å². The maximum atomic E-state index is 12.6. The SMILES string of the molecule is CNCc1ccc(S(=O)(=O)NC2(C)CCCOC2)c(Br)c1. The van der Waals surface area contributed by atoms with Crippen LogP contribution in [-0.2, 0) is 21.3 Å². The third-order valence-electron chi connectivity index (χ3n) is 3.49. The topological polar surface area (TPSA) is 67.4 Å². The van der Waals surface area contributed by atoms with Crippen LogP contribution in [0.25, 0.3) is 0 Å². The van der Waals surface area contributed by atoms with E-state index < -0.39 is 15.6 Å². The Morgan fingerprint density at radius 1 is 1.43 bits per heavy atom. The number of nitrogens with one attached hydrogen (secondary N) is 2. The summed E-state index contributed by atoms with van der Waals surface area (Å²) in [5.74, 6) is 0. The molecule has 2 N–H and O–H groups in total. The summed E-state index contributed by atoms with van der Waals surface area (Å²) in [5, 5.41) is 3.04. The minimum Gasteiger partial charge on any atom is -0.380 e. The molecule has 1 heterocycles. The molecule has 0 bridgehead atoms. The summed E-state index contributed by atoms with van der Waals surface area (Å²) in [5.41, 5.74) is 0.482. The van der Waals surface area contributed by atoms with Crippen molar-refractivity contribution in [3.8, 4) is 0 Å². The minimum atomic E-state index is -3.58. The molecule has 7 heteroatoms. The highest BCUT2D eigenvalue weighted by Crippen LogP contribution is 2.26. The molecule has 0 radical (unpaired) electrons. The Balaban J connectivity index is 2.23. The van der Waals surface area contributed by atoms with Gasteiger partial charge in [-0.25, -0.2) is 13.1 Å². The molecule has 1 aromatic carbocycles. The molecule has 2 rings (SSSR count). The maximum Gasteiger partial charge on any atom is 0.242 e. The summed E-state index contributed by atoms with van der Waals surface area (Å²) in [4.78, 5) is 0.258. The third-order valence-corrected chi connectivity index (χ3v) is 6.10. The molecule has 0 aromatic heterocycles. The molecule has 21 heavy (non-hydrogen) atoms. The molecule has 0 spiro atoms. The van der Waals surface area contributed by atoms with Gasteiger partial charge in [-0.3, -0.25) is 0 Å². The summed E-state index contributed by atoms with van der Waals surface area (Å²) in [6, 6.07) is 5.27. The van der Waals surface area contributed by atoms with Gasteiger partial charge >= 0.3 is 0 Å². The number of hydrogen-bond donors (Lipinski definition) is 2. The van der Waals surface area contributed by atoms with Crippen LogP contribution in [0.3, 0.4) is 0 Å². The average molecular weight is 377 g/mol. The lowest BCUT2D eigenvalue weighted by Crippen LogP contribution is -2.51. The Morgan fingerprint density at radius 2 is 2.19 bits per heavy atom. The third kappa shape index (κ3) is 4.26. The van der Waals surface area contributed by atoms with E-state index in [0.717, 1.165) is 18.4 Å². The highest BCUT2D eigenvalue weighted by atomic mass is 79.9. The first kappa shape index (κ1) is 16.9. The van der Waals surface area contributed by atoms with Crippen LogP contribution >= 0.6 is 15.9 Å². The first-order valence-electron chi connectivity index (χ1n) is 6.91. The van der Waals surface area contributed by atoms with E-state index in [-0.39, 0.29) is 4.90 Å². The second kappa shape index (κ2) is 6.75. The molecule has 0 aliphatic carbocycles. The molecule has 1 aliphatic heterocycles. The highest BCUT2D eigenvalue weighted by molar-refractivity contribution is 9.10. The quantitative estimate of drug-likeness (QED) is 0.824. The molecule has 1 unspecified atom stereocenters. The Morgan fingerprint density at radius 3 is 2.76 bits per heavy atom. The molecule has 1 aliphatic rings. The van der Waals surface area contributed by atoms with Crippen LogP contribution in [0.4, 0.5) is 0 Å². The number of halogens is 1. The summed E-state index contributed by atoms with van der Waals surface area (Å²) < 4.78 is 33.9. The number of benzene rings is 1. The molecule has 5 nitrogen and oxygen atoms in total. The van der Waals surface area contributed by atoms with Crippen LogP contribution in [0, 0.1) is 0 Å². The molecule has 0 amide bonds. The summed E-state index contributed by atoms with van der Waals surface area (Å²) in [6.07, 6.45) is 1.64. The van der Waals surface area contributed by atoms with Gasteiger partial charge in [0.15, 0.2) is 0 Å². The van der Waals surface area contributed by atoms with Crippen LogP contribution in [-0.4, -0.2) is 34.2 Å². The van der Waals surface area contributed by atoms with Gasteiger partial charge in [-0.2, -0.15) is 0 Å². The molecular weight excluding hydrogens is 356 g/mol. The van der Waals surface area contributed by atoms with E-state index in [1.54, 1.807) is 6.07 Å². The molecule has 118 valence electrons. The number of rotatable bonds is 5. The number of hydrogen-bond acceptors (Lipinski definition) is 4. The van der Waals surface area contributed by atoms with E-state index in [0.29, 0.717) is 24.2 Å². The minimum absolute atomic E-state index is 0.258. The Bertz CT molecular complexity index is 598. The van der Waals surface area contributed by atoms with Crippen molar-refractivity contribution in [2.24, 2.45) is 0 Å². The van der Waals surface area contributed by atoms with Crippen molar-refractivity contribution in [1.82, 2.24) is 10.0 Å². The fraction of sp³-hybridized carbons (Fsp3) is 0.571. The molecular formula is C14H21BrN2O3S. The van der Waals surface area contributed by atoms with Crippen LogP contribution in [0.5, 0.6) is 0 Å². The van der Waals surface area contributed by atoms with Gasteiger partial charge in [0.1, 0.15) is 0 Å². The Hall–Kier alpha value is -0.470. The fourth-order valence-electron chi connectivity index (χ4n) is 2.47. The number of ether oxygens (including phenoxy) is 1. The summed E-state index contributed by atoms with van der Waals surface area (Å²) >= 11 is 3.36. The Labute approximate surface area is 134 Å². The van der Waals surface area contributed by atoms with Crippen molar-refractivity contribution in [2.75, 3.05) is 20.3 Å². The normalized spacial score (nSPS) is 23.2. The lowest BCUT2D eigenvalue weighted by Gasteiger charge is -2.34. The largest absolute Gasteiger partial charge is 0.380 e. The smallest absolute Gasteiger partial charge is 0.242 e. The lowest BCUT2D eigenvalue weighted by molar-refractivity contribution is 0.0386. The standard InChI is InChI=1S/C14H21BrN2O3S/c1-14(6-3-7-20-10-14)17-21(18,19)13-5-4-11(9-16-2)8-12(13)15/h4-5,8,16-17H,3,6-7,9-10H2,1-2H3. The zero-order valence-corrected chi connectivity index (χ0v) is 14.7. The van der Waals surface area contributed by atoms with Gasteiger partial charge < -0.3 is 10.1 Å². The van der Waals surface area contributed by atoms with Gasteiger partial charge in [0.25, 0.3) is 0 Å². The van der Waals surface area contributed by atoms with Gasteiger partial charge in [0.2, 0.25) is 10.0 Å². The average Bonchev–Trinajstić information content (AvgIpc) is 2.38. The maximum absolute atomic E-state index is 12.6.